The molecule has 0 fully saturated rings. The molecule has 0 radical (unpaired) electrons. The van der Waals surface area contributed by atoms with Crippen molar-refractivity contribution in [3.05, 3.63) is 113 Å². The van der Waals surface area contributed by atoms with Crippen molar-refractivity contribution in [2.24, 2.45) is 0 Å². The lowest BCUT2D eigenvalue weighted by atomic mass is 9.70. The Morgan fingerprint density at radius 2 is 1.40 bits per heavy atom. The third-order valence-corrected chi connectivity index (χ3v) is 8.19. The maximum Gasteiger partial charge on any atom is 0.421 e. The Morgan fingerprint density at radius 3 is 2.04 bits per heavy atom. The Hall–Kier alpha value is -5.31. The number of fused-ring (bicyclic) bond motifs is 3. The van der Waals surface area contributed by atoms with Crippen molar-refractivity contribution in [1.29, 1.82) is 0 Å². The monoisotopic (exact) mass is 604 g/mol. The van der Waals surface area contributed by atoms with Crippen LogP contribution in [0.2, 0.25) is 0 Å². The highest BCUT2D eigenvalue weighted by Crippen LogP contribution is 2.51. The first-order chi connectivity index (χ1) is 21.5. The van der Waals surface area contributed by atoms with Crippen molar-refractivity contribution in [2.75, 3.05) is 11.5 Å². The molecule has 0 spiro atoms. The Kier molecular flexibility index (Phi) is 7.27. The van der Waals surface area contributed by atoms with Gasteiger partial charge in [0.2, 0.25) is 0 Å². The Balaban J connectivity index is 1.58. The third kappa shape index (κ3) is 4.84. The van der Waals surface area contributed by atoms with Crippen LogP contribution in [0.4, 0.5) is 10.5 Å². The number of rotatable bonds is 6. The van der Waals surface area contributed by atoms with E-state index in [1.165, 1.54) is 12.1 Å². The molecule has 0 bridgehead atoms. The summed E-state index contributed by atoms with van der Waals surface area (Å²) in [4.78, 5) is 71.7. The minimum atomic E-state index is -1.69. The third-order valence-electron chi connectivity index (χ3n) is 8.19. The van der Waals surface area contributed by atoms with Crippen molar-refractivity contribution in [3.63, 3.8) is 0 Å². The SMILES string of the molecule is CCOC(=O)[C@H](C[C@]1(c2ccc3ccccc3c2)C(=O)N(C(=O)OC(C)(C)C)c2ccccc21)N1C(=O)c2ccccc2C1=O. The van der Waals surface area contributed by atoms with E-state index in [2.05, 4.69) is 0 Å². The quantitative estimate of drug-likeness (QED) is 0.195. The van der Waals surface area contributed by atoms with E-state index >= 15 is 0 Å². The predicted molar refractivity (Wildman–Crippen MR) is 167 cm³/mol. The van der Waals surface area contributed by atoms with Gasteiger partial charge in [0, 0.05) is 6.42 Å². The molecule has 0 saturated heterocycles. The lowest BCUT2D eigenvalue weighted by Gasteiger charge is -2.35. The van der Waals surface area contributed by atoms with Crippen LogP contribution >= 0.6 is 0 Å². The lowest BCUT2D eigenvalue weighted by Crippen LogP contribution is -2.53. The summed E-state index contributed by atoms with van der Waals surface area (Å²) < 4.78 is 11.1. The molecule has 4 amide bonds. The average Bonchev–Trinajstić information content (AvgIpc) is 3.42. The van der Waals surface area contributed by atoms with Crippen molar-refractivity contribution >= 4 is 46.2 Å². The predicted octanol–water partition coefficient (Wildman–Crippen LogP) is 6.03. The fraction of sp³-hybridized carbons (Fsp3) is 0.250. The van der Waals surface area contributed by atoms with E-state index in [-0.39, 0.29) is 29.8 Å². The molecule has 4 aromatic carbocycles. The van der Waals surface area contributed by atoms with Crippen LogP contribution in [-0.4, -0.2) is 52.9 Å². The highest BCUT2D eigenvalue weighted by Gasteiger charge is 2.58. The molecule has 0 aliphatic carbocycles. The molecule has 2 aliphatic rings. The van der Waals surface area contributed by atoms with Crippen LogP contribution in [0.15, 0.2) is 91.0 Å². The van der Waals surface area contributed by atoms with Gasteiger partial charge in [-0.3, -0.25) is 19.3 Å². The number of amides is 4. The van der Waals surface area contributed by atoms with Crippen LogP contribution in [0, 0.1) is 0 Å². The van der Waals surface area contributed by atoms with Gasteiger partial charge in [0.1, 0.15) is 17.1 Å². The minimum absolute atomic E-state index is 0.0178. The fourth-order valence-electron chi connectivity index (χ4n) is 6.28. The summed E-state index contributed by atoms with van der Waals surface area (Å²) in [5.74, 6) is -2.83. The van der Waals surface area contributed by atoms with Gasteiger partial charge >= 0.3 is 12.1 Å². The number of imide groups is 2. The number of anilines is 1. The molecular weight excluding hydrogens is 572 g/mol. The molecule has 6 rings (SSSR count). The normalized spacial score (nSPS) is 18.2. The highest BCUT2D eigenvalue weighted by molar-refractivity contribution is 6.24. The largest absolute Gasteiger partial charge is 0.464 e. The number of nitrogens with zero attached hydrogens (tertiary/aromatic N) is 2. The Morgan fingerprint density at radius 1 is 0.800 bits per heavy atom. The van der Waals surface area contributed by atoms with Gasteiger partial charge in [-0.2, -0.15) is 0 Å². The molecule has 45 heavy (non-hydrogen) atoms. The average molecular weight is 605 g/mol. The van der Waals surface area contributed by atoms with Crippen LogP contribution in [-0.2, 0) is 24.5 Å². The Bertz CT molecular complexity index is 1860. The molecule has 9 nitrogen and oxygen atoms in total. The number of hydrogen-bond acceptors (Lipinski definition) is 7. The highest BCUT2D eigenvalue weighted by atomic mass is 16.6. The molecule has 228 valence electrons. The summed E-state index contributed by atoms with van der Waals surface area (Å²) in [6, 6.07) is 24.7. The van der Waals surface area contributed by atoms with Crippen LogP contribution < -0.4 is 4.90 Å². The van der Waals surface area contributed by atoms with Crippen LogP contribution in [0.1, 0.15) is 66.0 Å². The molecule has 0 unspecified atom stereocenters. The summed E-state index contributed by atoms with van der Waals surface area (Å²) in [5, 5.41) is 1.74. The molecule has 0 saturated carbocycles. The summed E-state index contributed by atoms with van der Waals surface area (Å²) >= 11 is 0. The number of para-hydroxylation sites is 1. The molecule has 0 aromatic heterocycles. The van der Waals surface area contributed by atoms with Gasteiger partial charge in [-0.25, -0.2) is 14.5 Å². The second-order valence-corrected chi connectivity index (χ2v) is 12.1. The van der Waals surface area contributed by atoms with E-state index in [1.54, 1.807) is 70.2 Å². The van der Waals surface area contributed by atoms with E-state index in [1.807, 2.05) is 36.4 Å². The molecule has 2 atom stereocenters. The van der Waals surface area contributed by atoms with Gasteiger partial charge in [-0.1, -0.05) is 66.7 Å². The zero-order valence-corrected chi connectivity index (χ0v) is 25.4. The first-order valence-corrected chi connectivity index (χ1v) is 14.8. The van der Waals surface area contributed by atoms with Crippen molar-refractivity contribution in [3.8, 4) is 0 Å². The number of carbonyl (C=O) groups is 5. The number of benzene rings is 4. The fourth-order valence-corrected chi connectivity index (χ4v) is 6.28. The zero-order valence-electron chi connectivity index (χ0n) is 25.4. The molecule has 0 N–H and O–H groups in total. The van der Waals surface area contributed by atoms with E-state index in [4.69, 9.17) is 9.47 Å². The molecular formula is C36H32N2O7. The van der Waals surface area contributed by atoms with Gasteiger partial charge in [-0.15, -0.1) is 0 Å². The van der Waals surface area contributed by atoms with E-state index in [9.17, 15) is 24.0 Å². The van der Waals surface area contributed by atoms with Gasteiger partial charge in [0.15, 0.2) is 0 Å². The summed E-state index contributed by atoms with van der Waals surface area (Å²) in [6.45, 7) is 6.71. The first kappa shape index (κ1) is 29.7. The number of ether oxygens (including phenoxy) is 2. The standard InChI is InChI=1S/C36H32N2O7/c1-5-44-32(41)29(37-30(39)25-14-8-9-15-26(25)31(37)40)21-36(24-19-18-22-12-6-7-13-23(22)20-24)27-16-10-11-17-28(27)38(33(36)42)34(43)45-35(2,3)4/h6-20,29H,5,21H2,1-4H3/t29-,36+/m0/s1. The maximum absolute atomic E-state index is 14.9. The second kappa shape index (κ2) is 11.0. The van der Waals surface area contributed by atoms with Crippen molar-refractivity contribution < 1.29 is 33.4 Å². The lowest BCUT2D eigenvalue weighted by molar-refractivity contribution is -0.148. The smallest absolute Gasteiger partial charge is 0.421 e. The summed E-state index contributed by atoms with van der Waals surface area (Å²) in [6.07, 6.45) is -1.25. The minimum Gasteiger partial charge on any atom is -0.464 e. The van der Waals surface area contributed by atoms with Crippen LogP contribution in [0.5, 0.6) is 0 Å². The number of esters is 1. The topological polar surface area (TPSA) is 110 Å². The van der Waals surface area contributed by atoms with Gasteiger partial charge in [0.05, 0.1) is 23.4 Å². The first-order valence-electron chi connectivity index (χ1n) is 14.8. The van der Waals surface area contributed by atoms with Crippen molar-refractivity contribution in [2.45, 2.75) is 51.2 Å². The van der Waals surface area contributed by atoms with Gasteiger partial charge in [-0.05, 0) is 73.9 Å². The van der Waals surface area contributed by atoms with Crippen LogP contribution in [0.25, 0.3) is 10.8 Å². The molecule has 4 aromatic rings. The van der Waals surface area contributed by atoms with Crippen molar-refractivity contribution in [1.82, 2.24) is 4.90 Å². The number of carbonyl (C=O) groups excluding carboxylic acids is 5. The Labute approximate surface area is 260 Å². The second-order valence-electron chi connectivity index (χ2n) is 12.1. The van der Waals surface area contributed by atoms with E-state index in [0.29, 0.717) is 11.1 Å². The van der Waals surface area contributed by atoms with Gasteiger partial charge in [0.25, 0.3) is 17.7 Å². The maximum atomic E-state index is 14.9. The summed E-state index contributed by atoms with van der Waals surface area (Å²) in [7, 11) is 0. The zero-order chi connectivity index (χ0) is 32.1. The molecule has 9 heteroatoms. The molecule has 2 aliphatic heterocycles. The summed E-state index contributed by atoms with van der Waals surface area (Å²) in [5.41, 5.74) is -1.08. The van der Waals surface area contributed by atoms with Crippen LogP contribution in [0.3, 0.4) is 0 Å². The van der Waals surface area contributed by atoms with Gasteiger partial charge < -0.3 is 9.47 Å². The number of hydrogen-bond donors (Lipinski definition) is 0. The molecule has 2 heterocycles. The van der Waals surface area contributed by atoms with E-state index in [0.717, 1.165) is 20.6 Å². The van der Waals surface area contributed by atoms with E-state index < -0.39 is 46.8 Å².